The molecule has 2 aromatic carbocycles. The summed E-state index contributed by atoms with van der Waals surface area (Å²) in [6.45, 7) is 2.20. The Bertz CT molecular complexity index is 1070. The van der Waals surface area contributed by atoms with E-state index in [4.69, 9.17) is 4.74 Å². The SMILES string of the molecule is CCOc1cccc(-c2cn3c(-c4ccc(O)cc4)cnc3cn2)c1F. The van der Waals surface area contributed by atoms with Crippen molar-refractivity contribution in [2.45, 2.75) is 6.92 Å². The third-order valence-corrected chi connectivity index (χ3v) is 4.10. The molecule has 130 valence electrons. The molecule has 0 bridgehead atoms. The van der Waals surface area contributed by atoms with E-state index >= 15 is 0 Å². The van der Waals surface area contributed by atoms with Gasteiger partial charge in [-0.15, -0.1) is 0 Å². The fourth-order valence-corrected chi connectivity index (χ4v) is 2.85. The second kappa shape index (κ2) is 6.48. The number of nitrogens with zero attached hydrogens (tertiary/aromatic N) is 3. The zero-order valence-corrected chi connectivity index (χ0v) is 14.1. The fourth-order valence-electron chi connectivity index (χ4n) is 2.85. The molecule has 0 aliphatic heterocycles. The maximum Gasteiger partial charge on any atom is 0.174 e. The lowest BCUT2D eigenvalue weighted by Gasteiger charge is -2.09. The van der Waals surface area contributed by atoms with E-state index in [1.807, 2.05) is 11.3 Å². The van der Waals surface area contributed by atoms with Gasteiger partial charge in [0.2, 0.25) is 0 Å². The molecule has 4 rings (SSSR count). The van der Waals surface area contributed by atoms with Gasteiger partial charge in [-0.3, -0.25) is 9.38 Å². The van der Waals surface area contributed by atoms with Crippen LogP contribution in [-0.4, -0.2) is 26.1 Å². The van der Waals surface area contributed by atoms with Crippen molar-refractivity contribution >= 4 is 5.65 Å². The molecule has 0 unspecified atom stereocenters. The van der Waals surface area contributed by atoms with Crippen LogP contribution in [0.4, 0.5) is 4.39 Å². The normalized spacial score (nSPS) is 11.0. The van der Waals surface area contributed by atoms with Gasteiger partial charge in [-0.25, -0.2) is 9.37 Å². The molecule has 2 aromatic heterocycles. The molecular formula is C20H16FN3O2. The fraction of sp³-hybridized carbons (Fsp3) is 0.100. The lowest BCUT2D eigenvalue weighted by molar-refractivity contribution is 0.322. The highest BCUT2D eigenvalue weighted by molar-refractivity contribution is 5.67. The van der Waals surface area contributed by atoms with Crippen molar-refractivity contribution in [1.82, 2.24) is 14.4 Å². The number of aromatic hydroxyl groups is 1. The average molecular weight is 349 g/mol. The zero-order chi connectivity index (χ0) is 18.1. The van der Waals surface area contributed by atoms with Crippen molar-refractivity contribution in [2.24, 2.45) is 0 Å². The number of phenolic OH excluding ortho intramolecular Hbond substituents is 1. The van der Waals surface area contributed by atoms with Crippen LogP contribution in [0.25, 0.3) is 28.2 Å². The maximum absolute atomic E-state index is 14.7. The molecule has 0 radical (unpaired) electrons. The summed E-state index contributed by atoms with van der Waals surface area (Å²) in [6, 6.07) is 11.8. The molecule has 0 atom stereocenters. The minimum Gasteiger partial charge on any atom is -0.508 e. The van der Waals surface area contributed by atoms with E-state index in [9.17, 15) is 9.50 Å². The Labute approximate surface area is 149 Å². The second-order valence-corrected chi connectivity index (χ2v) is 5.74. The Hall–Kier alpha value is -3.41. The van der Waals surface area contributed by atoms with Gasteiger partial charge in [0.15, 0.2) is 17.2 Å². The first-order valence-corrected chi connectivity index (χ1v) is 8.21. The predicted octanol–water partition coefficient (Wildman–Crippen LogP) is 4.31. The highest BCUT2D eigenvalue weighted by atomic mass is 19.1. The Morgan fingerprint density at radius 1 is 1.08 bits per heavy atom. The van der Waals surface area contributed by atoms with E-state index in [2.05, 4.69) is 9.97 Å². The van der Waals surface area contributed by atoms with Crippen LogP contribution in [0.1, 0.15) is 6.92 Å². The van der Waals surface area contributed by atoms with Crippen molar-refractivity contribution < 1.29 is 14.2 Å². The van der Waals surface area contributed by atoms with Crippen molar-refractivity contribution in [2.75, 3.05) is 6.61 Å². The average Bonchev–Trinajstić information content (AvgIpc) is 3.07. The smallest absolute Gasteiger partial charge is 0.174 e. The Morgan fingerprint density at radius 2 is 1.88 bits per heavy atom. The van der Waals surface area contributed by atoms with E-state index in [0.717, 1.165) is 11.3 Å². The summed E-state index contributed by atoms with van der Waals surface area (Å²) in [5, 5.41) is 9.47. The van der Waals surface area contributed by atoms with Crippen molar-refractivity contribution in [3.05, 3.63) is 66.9 Å². The van der Waals surface area contributed by atoms with Crippen LogP contribution in [0.15, 0.2) is 61.1 Å². The summed E-state index contributed by atoms with van der Waals surface area (Å²) < 4.78 is 21.9. The van der Waals surface area contributed by atoms with E-state index < -0.39 is 5.82 Å². The first-order valence-electron chi connectivity index (χ1n) is 8.21. The highest BCUT2D eigenvalue weighted by Crippen LogP contribution is 2.29. The quantitative estimate of drug-likeness (QED) is 0.596. The lowest BCUT2D eigenvalue weighted by Crippen LogP contribution is -1.98. The lowest BCUT2D eigenvalue weighted by atomic mass is 10.1. The number of ether oxygens (including phenoxy) is 1. The number of imidazole rings is 1. The molecule has 4 aromatic rings. The number of aromatic nitrogens is 3. The van der Waals surface area contributed by atoms with Gasteiger partial charge >= 0.3 is 0 Å². The predicted molar refractivity (Wildman–Crippen MR) is 96.7 cm³/mol. The van der Waals surface area contributed by atoms with Gasteiger partial charge in [-0.2, -0.15) is 0 Å². The standard InChI is InChI=1S/C20H16FN3O2/c1-2-26-18-5-3-4-15(20(18)21)16-12-24-17(10-23-19(24)11-22-16)13-6-8-14(25)9-7-13/h3-12,25H,2H2,1H3. The topological polar surface area (TPSA) is 59.7 Å². The number of benzene rings is 2. The van der Waals surface area contributed by atoms with Gasteiger partial charge in [0.25, 0.3) is 0 Å². The summed E-state index contributed by atoms with van der Waals surface area (Å²) in [6.07, 6.45) is 5.07. The number of rotatable bonds is 4. The van der Waals surface area contributed by atoms with Gasteiger partial charge in [0, 0.05) is 17.3 Å². The largest absolute Gasteiger partial charge is 0.508 e. The summed E-state index contributed by atoms with van der Waals surface area (Å²) in [5.74, 6) is -0.0384. The van der Waals surface area contributed by atoms with E-state index in [1.54, 1.807) is 61.1 Å². The number of halogens is 1. The van der Waals surface area contributed by atoms with Crippen LogP contribution in [0, 0.1) is 5.82 Å². The number of phenols is 1. The van der Waals surface area contributed by atoms with Crippen molar-refractivity contribution in [3.63, 3.8) is 0 Å². The number of hydrogen-bond acceptors (Lipinski definition) is 4. The Morgan fingerprint density at radius 3 is 2.65 bits per heavy atom. The minimum absolute atomic E-state index is 0.194. The van der Waals surface area contributed by atoms with Crippen LogP contribution in [-0.2, 0) is 0 Å². The van der Waals surface area contributed by atoms with E-state index in [-0.39, 0.29) is 11.5 Å². The van der Waals surface area contributed by atoms with E-state index in [0.29, 0.717) is 23.5 Å². The van der Waals surface area contributed by atoms with Crippen LogP contribution in [0.2, 0.25) is 0 Å². The molecular weight excluding hydrogens is 333 g/mol. The van der Waals surface area contributed by atoms with Gasteiger partial charge in [-0.1, -0.05) is 6.07 Å². The first kappa shape index (κ1) is 16.1. The molecule has 6 heteroatoms. The molecule has 0 spiro atoms. The molecule has 0 fully saturated rings. The highest BCUT2D eigenvalue weighted by Gasteiger charge is 2.14. The van der Waals surface area contributed by atoms with Gasteiger partial charge in [0.1, 0.15) is 5.75 Å². The first-order chi connectivity index (χ1) is 12.7. The summed E-state index contributed by atoms with van der Waals surface area (Å²) in [5.41, 5.74) is 3.21. The monoisotopic (exact) mass is 349 g/mol. The molecule has 0 saturated heterocycles. The van der Waals surface area contributed by atoms with Crippen molar-refractivity contribution in [3.8, 4) is 34.0 Å². The molecule has 1 N–H and O–H groups in total. The number of fused-ring (bicyclic) bond motifs is 1. The second-order valence-electron chi connectivity index (χ2n) is 5.74. The maximum atomic E-state index is 14.7. The third-order valence-electron chi connectivity index (χ3n) is 4.10. The van der Waals surface area contributed by atoms with Crippen molar-refractivity contribution in [1.29, 1.82) is 0 Å². The van der Waals surface area contributed by atoms with Crippen LogP contribution < -0.4 is 4.74 Å². The molecule has 0 amide bonds. The van der Waals surface area contributed by atoms with Gasteiger partial charge < -0.3 is 9.84 Å². The summed E-state index contributed by atoms with van der Waals surface area (Å²) in [4.78, 5) is 8.68. The summed E-state index contributed by atoms with van der Waals surface area (Å²) >= 11 is 0. The van der Waals surface area contributed by atoms with E-state index in [1.165, 1.54) is 0 Å². The Kier molecular flexibility index (Phi) is 4.01. The number of hydrogen-bond donors (Lipinski definition) is 1. The molecule has 26 heavy (non-hydrogen) atoms. The van der Waals surface area contributed by atoms with Gasteiger partial charge in [-0.05, 0) is 43.3 Å². The minimum atomic E-state index is -0.438. The molecule has 5 nitrogen and oxygen atoms in total. The zero-order valence-electron chi connectivity index (χ0n) is 14.1. The molecule has 2 heterocycles. The third kappa shape index (κ3) is 2.75. The molecule has 0 saturated carbocycles. The van der Waals surface area contributed by atoms with Crippen LogP contribution in [0.5, 0.6) is 11.5 Å². The molecule has 0 aliphatic rings. The van der Waals surface area contributed by atoms with Gasteiger partial charge in [0.05, 0.1) is 30.4 Å². The molecule has 0 aliphatic carbocycles. The van der Waals surface area contributed by atoms with Crippen LogP contribution >= 0.6 is 0 Å². The summed E-state index contributed by atoms with van der Waals surface area (Å²) in [7, 11) is 0. The van der Waals surface area contributed by atoms with Crippen LogP contribution in [0.3, 0.4) is 0 Å². The Balaban J connectivity index is 1.85.